The van der Waals surface area contributed by atoms with Crippen molar-refractivity contribution in [2.24, 2.45) is 0 Å². The third-order valence-electron chi connectivity index (χ3n) is 3.13. The fourth-order valence-electron chi connectivity index (χ4n) is 1.95. The molecule has 0 radical (unpaired) electrons. The smallest absolute Gasteiger partial charge is 0.229 e. The van der Waals surface area contributed by atoms with E-state index in [1.54, 1.807) is 0 Å². The summed E-state index contributed by atoms with van der Waals surface area (Å²) in [5.41, 5.74) is -0.133. The summed E-state index contributed by atoms with van der Waals surface area (Å²) in [4.78, 5) is 7.80. The van der Waals surface area contributed by atoms with Gasteiger partial charge in [0, 0.05) is 18.0 Å². The third-order valence-corrected chi connectivity index (χ3v) is 3.13. The van der Waals surface area contributed by atoms with E-state index in [0.717, 1.165) is 24.3 Å². The summed E-state index contributed by atoms with van der Waals surface area (Å²) in [5.74, 6) is -6.32. The number of hydrogen-bond donors (Lipinski definition) is 2. The van der Waals surface area contributed by atoms with Crippen LogP contribution in [0.4, 0.5) is 45.1 Å². The summed E-state index contributed by atoms with van der Waals surface area (Å²) in [7, 11) is 0. The van der Waals surface area contributed by atoms with Crippen molar-refractivity contribution in [2.75, 3.05) is 10.6 Å². The number of aromatic nitrogens is 2. The van der Waals surface area contributed by atoms with Crippen molar-refractivity contribution in [1.82, 2.24) is 9.97 Å². The molecule has 9 heteroatoms. The molecule has 0 bridgehead atoms. The van der Waals surface area contributed by atoms with Crippen LogP contribution < -0.4 is 10.6 Å². The lowest BCUT2D eigenvalue weighted by molar-refractivity contribution is 0.449. The molecule has 0 saturated heterocycles. The van der Waals surface area contributed by atoms with Crippen molar-refractivity contribution < 1.29 is 22.0 Å². The maximum absolute atomic E-state index is 13.7. The van der Waals surface area contributed by atoms with Crippen LogP contribution in [-0.2, 0) is 0 Å². The molecule has 0 atom stereocenters. The van der Waals surface area contributed by atoms with Crippen molar-refractivity contribution in [3.8, 4) is 0 Å². The zero-order chi connectivity index (χ0) is 18.0. The highest BCUT2D eigenvalue weighted by molar-refractivity contribution is 5.59. The van der Waals surface area contributed by atoms with E-state index in [2.05, 4.69) is 20.6 Å². The Morgan fingerprint density at radius 3 is 2.24 bits per heavy atom. The van der Waals surface area contributed by atoms with Gasteiger partial charge in [-0.1, -0.05) is 0 Å². The van der Waals surface area contributed by atoms with Gasteiger partial charge in [-0.25, -0.2) is 26.9 Å². The number of nitrogens with zero attached hydrogens (tertiary/aromatic N) is 2. The van der Waals surface area contributed by atoms with Gasteiger partial charge >= 0.3 is 0 Å². The molecule has 25 heavy (non-hydrogen) atoms. The Balaban J connectivity index is 1.82. The number of benzene rings is 2. The van der Waals surface area contributed by atoms with Gasteiger partial charge in [-0.2, -0.15) is 4.98 Å². The minimum Gasteiger partial charge on any atom is -0.340 e. The van der Waals surface area contributed by atoms with Crippen LogP contribution in [-0.4, -0.2) is 9.97 Å². The summed E-state index contributed by atoms with van der Waals surface area (Å²) in [5, 5.41) is 5.12. The molecular formula is C16H9F5N4. The highest BCUT2D eigenvalue weighted by Gasteiger charge is 2.14. The van der Waals surface area contributed by atoms with Gasteiger partial charge < -0.3 is 10.6 Å². The molecule has 3 rings (SSSR count). The van der Waals surface area contributed by atoms with Crippen LogP contribution in [0.15, 0.2) is 42.6 Å². The van der Waals surface area contributed by atoms with E-state index >= 15 is 0 Å². The van der Waals surface area contributed by atoms with Crippen molar-refractivity contribution in [1.29, 1.82) is 0 Å². The molecule has 1 heterocycles. The lowest BCUT2D eigenvalue weighted by Crippen LogP contribution is -2.03. The molecule has 0 fully saturated rings. The Bertz CT molecular complexity index is 932. The predicted octanol–water partition coefficient (Wildman–Crippen LogP) is 4.66. The second kappa shape index (κ2) is 6.71. The molecule has 0 aliphatic heterocycles. The predicted molar refractivity (Wildman–Crippen MR) is 81.3 cm³/mol. The Kier molecular flexibility index (Phi) is 4.46. The first-order valence-corrected chi connectivity index (χ1v) is 6.89. The largest absolute Gasteiger partial charge is 0.340 e. The van der Waals surface area contributed by atoms with E-state index in [-0.39, 0.29) is 23.1 Å². The molecule has 0 amide bonds. The molecule has 128 valence electrons. The van der Waals surface area contributed by atoms with Crippen LogP contribution >= 0.6 is 0 Å². The minimum absolute atomic E-state index is 0.113. The van der Waals surface area contributed by atoms with Crippen LogP contribution in [0, 0.1) is 29.1 Å². The molecule has 0 aliphatic carbocycles. The number of anilines is 4. The van der Waals surface area contributed by atoms with Crippen molar-refractivity contribution in [3.05, 3.63) is 71.7 Å². The van der Waals surface area contributed by atoms with E-state index in [1.807, 2.05) is 0 Å². The van der Waals surface area contributed by atoms with E-state index in [0.29, 0.717) is 0 Å². The molecule has 0 spiro atoms. The monoisotopic (exact) mass is 352 g/mol. The summed E-state index contributed by atoms with van der Waals surface area (Å²) < 4.78 is 65.9. The van der Waals surface area contributed by atoms with Crippen LogP contribution in [0.25, 0.3) is 0 Å². The van der Waals surface area contributed by atoms with Gasteiger partial charge in [0.1, 0.15) is 5.82 Å². The highest BCUT2D eigenvalue weighted by Crippen LogP contribution is 2.23. The van der Waals surface area contributed by atoms with Crippen LogP contribution in [0.5, 0.6) is 0 Å². The molecule has 0 saturated carbocycles. The zero-order valence-electron chi connectivity index (χ0n) is 12.3. The first kappa shape index (κ1) is 16.6. The maximum Gasteiger partial charge on any atom is 0.229 e. The lowest BCUT2D eigenvalue weighted by atomic mass is 10.3. The summed E-state index contributed by atoms with van der Waals surface area (Å²) in [6.45, 7) is 0. The third kappa shape index (κ3) is 3.65. The van der Waals surface area contributed by atoms with Gasteiger partial charge in [0.05, 0.1) is 5.69 Å². The van der Waals surface area contributed by atoms with Gasteiger partial charge in [0.15, 0.2) is 29.1 Å². The molecule has 4 nitrogen and oxygen atoms in total. The van der Waals surface area contributed by atoms with Gasteiger partial charge in [-0.05, 0) is 30.3 Å². The molecule has 1 aromatic heterocycles. The van der Waals surface area contributed by atoms with Gasteiger partial charge in [-0.15, -0.1) is 0 Å². The SMILES string of the molecule is Fc1ccc(Nc2ccnc(Nc3ccc(F)c(F)c3F)n2)cc1F. The van der Waals surface area contributed by atoms with Crippen molar-refractivity contribution >= 4 is 23.1 Å². The van der Waals surface area contributed by atoms with Gasteiger partial charge in [0.25, 0.3) is 0 Å². The molecule has 3 aromatic rings. The number of nitrogens with one attached hydrogen (secondary N) is 2. The second-order valence-corrected chi connectivity index (χ2v) is 4.87. The summed E-state index contributed by atoms with van der Waals surface area (Å²) in [6.07, 6.45) is 1.30. The minimum atomic E-state index is -1.62. The normalized spacial score (nSPS) is 10.6. The summed E-state index contributed by atoms with van der Waals surface area (Å²) in [6, 6.07) is 6.33. The highest BCUT2D eigenvalue weighted by atomic mass is 19.2. The Hall–Kier alpha value is -3.23. The van der Waals surface area contributed by atoms with E-state index in [1.165, 1.54) is 18.3 Å². The fraction of sp³-hybridized carbons (Fsp3) is 0. The number of hydrogen-bond acceptors (Lipinski definition) is 4. The molecule has 0 unspecified atom stereocenters. The molecular weight excluding hydrogens is 343 g/mol. The van der Waals surface area contributed by atoms with Crippen molar-refractivity contribution in [3.63, 3.8) is 0 Å². The van der Waals surface area contributed by atoms with Crippen LogP contribution in [0.2, 0.25) is 0 Å². The average molecular weight is 352 g/mol. The average Bonchev–Trinajstić information content (AvgIpc) is 2.59. The molecule has 0 aliphatic rings. The first-order chi connectivity index (χ1) is 11.9. The van der Waals surface area contributed by atoms with Crippen molar-refractivity contribution in [2.45, 2.75) is 0 Å². The molecule has 2 N–H and O–H groups in total. The quantitative estimate of drug-likeness (QED) is 0.530. The second-order valence-electron chi connectivity index (χ2n) is 4.87. The number of halogens is 5. The Morgan fingerprint density at radius 1 is 0.720 bits per heavy atom. The topological polar surface area (TPSA) is 49.8 Å². The van der Waals surface area contributed by atoms with E-state index in [9.17, 15) is 22.0 Å². The Morgan fingerprint density at radius 2 is 1.48 bits per heavy atom. The number of rotatable bonds is 4. The first-order valence-electron chi connectivity index (χ1n) is 6.89. The van der Waals surface area contributed by atoms with Crippen LogP contribution in [0.3, 0.4) is 0 Å². The van der Waals surface area contributed by atoms with E-state index < -0.39 is 29.1 Å². The standard InChI is InChI=1S/C16H9F5N4/c17-9-2-1-8(7-11(9)19)23-13-5-6-22-16(25-13)24-12-4-3-10(18)14(20)15(12)21/h1-7H,(H2,22,23,24,25). The lowest BCUT2D eigenvalue weighted by Gasteiger charge is -2.09. The maximum atomic E-state index is 13.7. The van der Waals surface area contributed by atoms with Crippen LogP contribution in [0.1, 0.15) is 0 Å². The van der Waals surface area contributed by atoms with E-state index in [4.69, 9.17) is 0 Å². The van der Waals surface area contributed by atoms with Gasteiger partial charge in [0.2, 0.25) is 5.95 Å². The zero-order valence-corrected chi connectivity index (χ0v) is 12.3. The fourth-order valence-corrected chi connectivity index (χ4v) is 1.95. The molecule has 2 aromatic carbocycles. The van der Waals surface area contributed by atoms with Gasteiger partial charge in [-0.3, -0.25) is 0 Å². The summed E-state index contributed by atoms with van der Waals surface area (Å²) >= 11 is 0. The Labute approximate surface area is 138 Å².